The summed E-state index contributed by atoms with van der Waals surface area (Å²) in [5, 5.41) is 8.10. The van der Waals surface area contributed by atoms with Crippen LogP contribution in [0.5, 0.6) is 5.75 Å². The number of ether oxygens (including phenoxy) is 1. The van der Waals surface area contributed by atoms with Gasteiger partial charge in [0.2, 0.25) is 0 Å². The Bertz CT molecular complexity index is 1160. The van der Waals surface area contributed by atoms with Crippen LogP contribution in [0.1, 0.15) is 5.82 Å². The number of alkyl halides is 2. The largest absolute Gasteiger partial charge is 0.491 e. The maximum Gasteiger partial charge on any atom is 0.257 e. The second-order valence-electron chi connectivity index (χ2n) is 6.16. The van der Waals surface area contributed by atoms with Crippen molar-refractivity contribution < 1.29 is 13.5 Å². The highest BCUT2D eigenvalue weighted by Gasteiger charge is 2.18. The van der Waals surface area contributed by atoms with Crippen LogP contribution in [0.4, 0.5) is 20.4 Å². The van der Waals surface area contributed by atoms with E-state index in [9.17, 15) is 8.78 Å². The zero-order chi connectivity index (χ0) is 20.4. The van der Waals surface area contributed by atoms with Crippen LogP contribution in [0, 0.1) is 6.92 Å². The molecule has 0 amide bonds. The zero-order valence-corrected chi connectivity index (χ0v) is 15.7. The number of fused-ring (bicyclic) bond motifs is 1. The number of benzene rings is 1. The molecule has 4 aromatic rings. The first-order valence-electron chi connectivity index (χ1n) is 8.77. The highest BCUT2D eigenvalue weighted by molar-refractivity contribution is 5.91. The van der Waals surface area contributed by atoms with E-state index in [0.717, 1.165) is 0 Å². The quantitative estimate of drug-likeness (QED) is 0.531. The number of anilines is 2. The summed E-state index contributed by atoms with van der Waals surface area (Å²) in [6.45, 7) is 1.26. The molecular formula is C19H17F2N7O. The molecule has 0 saturated carbocycles. The molecule has 0 aliphatic rings. The Kier molecular flexibility index (Phi) is 4.98. The van der Waals surface area contributed by atoms with Crippen LogP contribution >= 0.6 is 0 Å². The van der Waals surface area contributed by atoms with Crippen LogP contribution in [-0.4, -0.2) is 43.3 Å². The summed E-state index contributed by atoms with van der Waals surface area (Å²) >= 11 is 0. The molecule has 10 heteroatoms. The molecular weight excluding hydrogens is 380 g/mol. The van der Waals surface area contributed by atoms with Crippen molar-refractivity contribution in [2.75, 3.05) is 12.4 Å². The number of aromatic nitrogens is 6. The predicted molar refractivity (Wildman–Crippen MR) is 103 cm³/mol. The molecule has 0 spiro atoms. The van der Waals surface area contributed by atoms with E-state index in [1.165, 1.54) is 18.0 Å². The van der Waals surface area contributed by atoms with E-state index < -0.39 is 13.0 Å². The number of nitrogens with one attached hydrogen (secondary N) is 1. The second-order valence-corrected chi connectivity index (χ2v) is 6.16. The summed E-state index contributed by atoms with van der Waals surface area (Å²) in [7, 11) is 1.50. The molecule has 0 aliphatic carbocycles. The molecule has 1 aromatic carbocycles. The lowest BCUT2D eigenvalue weighted by atomic mass is 10.2. The Labute approximate surface area is 164 Å². The third kappa shape index (κ3) is 3.82. The first-order valence-corrected chi connectivity index (χ1v) is 8.77. The average Bonchev–Trinajstić information content (AvgIpc) is 3.06. The van der Waals surface area contributed by atoms with Crippen LogP contribution in [0.15, 0.2) is 42.7 Å². The molecule has 0 atom stereocenters. The van der Waals surface area contributed by atoms with Crippen LogP contribution in [0.2, 0.25) is 0 Å². The van der Waals surface area contributed by atoms with Gasteiger partial charge in [0, 0.05) is 11.6 Å². The van der Waals surface area contributed by atoms with Gasteiger partial charge < -0.3 is 10.1 Å². The van der Waals surface area contributed by atoms with Gasteiger partial charge in [-0.05, 0) is 19.1 Å². The van der Waals surface area contributed by atoms with Crippen LogP contribution in [0.3, 0.4) is 0 Å². The second kappa shape index (κ2) is 7.74. The summed E-state index contributed by atoms with van der Waals surface area (Å²) in [5.41, 5.74) is 0.994. The topological polar surface area (TPSA) is 90.6 Å². The smallest absolute Gasteiger partial charge is 0.257 e. The Morgan fingerprint density at radius 1 is 1.14 bits per heavy atom. The van der Waals surface area contributed by atoms with E-state index in [1.807, 2.05) is 6.07 Å². The minimum atomic E-state index is -2.53. The molecule has 0 aliphatic heterocycles. The van der Waals surface area contributed by atoms with E-state index in [2.05, 4.69) is 30.4 Å². The molecule has 4 rings (SSSR count). The van der Waals surface area contributed by atoms with Crippen molar-refractivity contribution in [3.05, 3.63) is 48.5 Å². The van der Waals surface area contributed by atoms with Gasteiger partial charge in [-0.1, -0.05) is 18.2 Å². The van der Waals surface area contributed by atoms with Crippen molar-refractivity contribution in [2.45, 2.75) is 19.9 Å². The lowest BCUT2D eigenvalue weighted by molar-refractivity contribution is 0.123. The molecule has 3 aromatic heterocycles. The molecule has 8 nitrogen and oxygen atoms in total. The summed E-state index contributed by atoms with van der Waals surface area (Å²) in [5.74, 6) is 2.20. The van der Waals surface area contributed by atoms with Gasteiger partial charge in [0.25, 0.3) is 6.43 Å². The molecule has 148 valence electrons. The van der Waals surface area contributed by atoms with Gasteiger partial charge in [-0.2, -0.15) is 5.10 Å². The summed E-state index contributed by atoms with van der Waals surface area (Å²) < 4.78 is 32.5. The maximum atomic E-state index is 13.0. The predicted octanol–water partition coefficient (Wildman–Crippen LogP) is 3.61. The van der Waals surface area contributed by atoms with Gasteiger partial charge in [0.15, 0.2) is 17.4 Å². The minimum absolute atomic E-state index is 0.281. The Morgan fingerprint density at radius 3 is 2.72 bits per heavy atom. The van der Waals surface area contributed by atoms with Crippen molar-refractivity contribution in [1.29, 1.82) is 0 Å². The number of hydrogen-bond donors (Lipinski definition) is 1. The fourth-order valence-electron chi connectivity index (χ4n) is 2.93. The summed E-state index contributed by atoms with van der Waals surface area (Å²) in [6, 6.07) is 8.82. The van der Waals surface area contributed by atoms with Crippen molar-refractivity contribution in [1.82, 2.24) is 29.7 Å². The molecule has 0 radical (unpaired) electrons. The molecule has 29 heavy (non-hydrogen) atoms. The number of aryl methyl sites for hydroxylation is 1. The number of rotatable bonds is 6. The Hall–Kier alpha value is -3.69. The lowest BCUT2D eigenvalue weighted by Gasteiger charge is -2.10. The Morgan fingerprint density at radius 2 is 1.97 bits per heavy atom. The molecule has 0 bridgehead atoms. The standard InChI is InChI=1S/C19H17F2N7O/c1-11-22-8-7-16(24-11)25-18-14(29-2)9-23-19(26-18)17-12-5-3-4-6-13(12)28(27-17)10-15(20)21/h3-9,15H,10H2,1-2H3,(H,22,23,24,25,26). The number of nitrogens with zero attached hydrogens (tertiary/aromatic N) is 6. The average molecular weight is 397 g/mol. The van der Waals surface area contributed by atoms with Crippen LogP contribution in [-0.2, 0) is 6.54 Å². The normalized spacial score (nSPS) is 11.2. The van der Waals surface area contributed by atoms with Gasteiger partial charge >= 0.3 is 0 Å². The van der Waals surface area contributed by atoms with Crippen LogP contribution in [0.25, 0.3) is 22.4 Å². The van der Waals surface area contributed by atoms with E-state index in [-0.39, 0.29) is 5.82 Å². The fourth-order valence-corrected chi connectivity index (χ4v) is 2.93. The molecule has 0 fully saturated rings. The number of para-hydroxylation sites is 1. The van der Waals surface area contributed by atoms with Crippen LogP contribution < -0.4 is 10.1 Å². The third-order valence-electron chi connectivity index (χ3n) is 4.18. The number of halogens is 2. The summed E-state index contributed by atoms with van der Waals surface area (Å²) in [6.07, 6.45) is 0.597. The molecule has 0 unspecified atom stereocenters. The zero-order valence-electron chi connectivity index (χ0n) is 15.7. The lowest BCUT2D eigenvalue weighted by Crippen LogP contribution is -2.08. The number of hydrogen-bond acceptors (Lipinski definition) is 7. The maximum absolute atomic E-state index is 13.0. The fraction of sp³-hybridized carbons (Fsp3) is 0.211. The monoisotopic (exact) mass is 397 g/mol. The van der Waals surface area contributed by atoms with E-state index >= 15 is 0 Å². The minimum Gasteiger partial charge on any atom is -0.491 e. The van der Waals surface area contributed by atoms with E-state index in [1.54, 1.807) is 37.4 Å². The first kappa shape index (κ1) is 18.7. The highest BCUT2D eigenvalue weighted by Crippen LogP contribution is 2.30. The Balaban J connectivity index is 1.80. The van der Waals surface area contributed by atoms with E-state index in [4.69, 9.17) is 4.74 Å². The number of methoxy groups -OCH3 is 1. The van der Waals surface area contributed by atoms with Crippen molar-refractivity contribution >= 4 is 22.5 Å². The van der Waals surface area contributed by atoms with Gasteiger partial charge in [0.05, 0.1) is 18.8 Å². The third-order valence-corrected chi connectivity index (χ3v) is 4.18. The molecule has 1 N–H and O–H groups in total. The highest BCUT2D eigenvalue weighted by atomic mass is 19.3. The molecule has 0 saturated heterocycles. The first-order chi connectivity index (χ1) is 14.0. The van der Waals surface area contributed by atoms with Gasteiger partial charge in [-0.15, -0.1) is 0 Å². The summed E-state index contributed by atoms with van der Waals surface area (Å²) in [4.78, 5) is 17.2. The SMILES string of the molecule is COc1cnc(-c2nn(CC(F)F)c3ccccc23)nc1Nc1ccnc(C)n1. The molecule has 3 heterocycles. The van der Waals surface area contributed by atoms with Crippen molar-refractivity contribution in [3.8, 4) is 17.3 Å². The van der Waals surface area contributed by atoms with Gasteiger partial charge in [-0.25, -0.2) is 28.7 Å². The van der Waals surface area contributed by atoms with E-state index in [0.29, 0.717) is 39.8 Å². The van der Waals surface area contributed by atoms with Crippen molar-refractivity contribution in [2.24, 2.45) is 0 Å². The van der Waals surface area contributed by atoms with Crippen molar-refractivity contribution in [3.63, 3.8) is 0 Å². The van der Waals surface area contributed by atoms with Gasteiger partial charge in [0.1, 0.15) is 23.9 Å². The van der Waals surface area contributed by atoms with Gasteiger partial charge in [-0.3, -0.25) is 4.68 Å².